The molecule has 0 aliphatic carbocycles. The van der Waals surface area contributed by atoms with Gasteiger partial charge in [-0.3, -0.25) is 9.10 Å². The number of carbonyl (C=O) groups is 1. The number of anilines is 1. The minimum absolute atomic E-state index is 0.154. The highest BCUT2D eigenvalue weighted by Crippen LogP contribution is 2.27. The van der Waals surface area contributed by atoms with E-state index in [9.17, 15) is 13.2 Å². The van der Waals surface area contributed by atoms with Crippen molar-refractivity contribution in [1.29, 1.82) is 0 Å². The van der Waals surface area contributed by atoms with E-state index in [4.69, 9.17) is 11.6 Å². The molecule has 2 aromatic rings. The minimum Gasteiger partial charge on any atom is -0.271 e. The van der Waals surface area contributed by atoms with E-state index in [1.807, 2.05) is 25.1 Å². The Morgan fingerprint density at radius 2 is 1.80 bits per heavy atom. The molecule has 1 amide bonds. The van der Waals surface area contributed by atoms with Gasteiger partial charge in [0.1, 0.15) is 6.54 Å². The summed E-state index contributed by atoms with van der Waals surface area (Å²) in [6.45, 7) is 7.42. The molecule has 0 saturated heterocycles. The first-order valence-electron chi connectivity index (χ1n) is 9.51. The molecule has 1 N–H and O–H groups in total. The highest BCUT2D eigenvalue weighted by atomic mass is 35.5. The van der Waals surface area contributed by atoms with Crippen molar-refractivity contribution in [2.24, 2.45) is 5.10 Å². The summed E-state index contributed by atoms with van der Waals surface area (Å²) in [5, 5.41) is 4.67. The number of hydrogen-bond acceptors (Lipinski definition) is 4. The molecule has 30 heavy (non-hydrogen) atoms. The Bertz CT molecular complexity index is 1030. The van der Waals surface area contributed by atoms with Gasteiger partial charge in [-0.2, -0.15) is 5.10 Å². The van der Waals surface area contributed by atoms with Crippen molar-refractivity contribution in [3.8, 4) is 0 Å². The van der Waals surface area contributed by atoms with Crippen LogP contribution >= 0.6 is 11.6 Å². The Kier molecular flexibility index (Phi) is 7.66. The normalized spacial score (nSPS) is 12.5. The summed E-state index contributed by atoms with van der Waals surface area (Å²) in [4.78, 5) is 12.4. The van der Waals surface area contributed by atoms with Gasteiger partial charge < -0.3 is 0 Å². The fraction of sp³-hybridized carbons (Fsp3) is 0.364. The molecular formula is C22H28ClN3O3S. The topological polar surface area (TPSA) is 78.8 Å². The number of halogens is 1. The van der Waals surface area contributed by atoms with E-state index in [0.29, 0.717) is 22.7 Å². The second kappa shape index (κ2) is 9.62. The van der Waals surface area contributed by atoms with Gasteiger partial charge >= 0.3 is 0 Å². The van der Waals surface area contributed by atoms with Crippen LogP contribution in [0.2, 0.25) is 5.02 Å². The first-order valence-corrected chi connectivity index (χ1v) is 11.7. The van der Waals surface area contributed by atoms with Crippen LogP contribution in [0.5, 0.6) is 0 Å². The second-order valence-electron chi connectivity index (χ2n) is 8.01. The van der Waals surface area contributed by atoms with E-state index < -0.39 is 15.9 Å². The van der Waals surface area contributed by atoms with Crippen LogP contribution in [-0.4, -0.2) is 32.8 Å². The zero-order valence-electron chi connectivity index (χ0n) is 17.9. The molecule has 0 aliphatic heterocycles. The average molecular weight is 450 g/mol. The highest BCUT2D eigenvalue weighted by molar-refractivity contribution is 7.92. The van der Waals surface area contributed by atoms with Gasteiger partial charge in [0.05, 0.1) is 11.9 Å². The molecule has 0 fully saturated rings. The predicted octanol–water partition coefficient (Wildman–Crippen LogP) is 4.27. The lowest BCUT2D eigenvalue weighted by atomic mass is 9.80. The van der Waals surface area contributed by atoms with Crippen molar-refractivity contribution in [3.63, 3.8) is 0 Å². The summed E-state index contributed by atoms with van der Waals surface area (Å²) in [6, 6.07) is 14.9. The van der Waals surface area contributed by atoms with Gasteiger partial charge in [0, 0.05) is 10.7 Å². The summed E-state index contributed by atoms with van der Waals surface area (Å²) in [6.07, 6.45) is 1.70. The Hall–Kier alpha value is -2.38. The molecule has 2 rings (SSSR count). The number of benzene rings is 2. The number of aryl methyl sites for hydroxylation is 1. The van der Waals surface area contributed by atoms with Crippen molar-refractivity contribution >= 4 is 38.9 Å². The van der Waals surface area contributed by atoms with Crippen LogP contribution in [-0.2, 0) is 20.2 Å². The molecule has 0 atom stereocenters. The molecule has 0 saturated carbocycles. The summed E-state index contributed by atoms with van der Waals surface area (Å²) in [5.41, 5.74) is 5.30. The molecule has 0 heterocycles. The van der Waals surface area contributed by atoms with Gasteiger partial charge in [-0.25, -0.2) is 13.8 Å². The Balaban J connectivity index is 2.10. The van der Waals surface area contributed by atoms with Crippen molar-refractivity contribution < 1.29 is 13.2 Å². The standard InChI is InChI=1S/C22H28ClN3O3S/c1-16-13-19(23)11-12-20(16)26(30(5,28)29)15-21(27)25-24-17(2)14-22(3,4)18-9-7-6-8-10-18/h6-13H,14-15H2,1-5H3,(H,25,27)/b24-17-. The van der Waals surface area contributed by atoms with E-state index in [1.165, 1.54) is 5.56 Å². The zero-order chi connectivity index (χ0) is 22.5. The third-order valence-electron chi connectivity index (χ3n) is 4.74. The lowest BCUT2D eigenvalue weighted by Gasteiger charge is -2.25. The highest BCUT2D eigenvalue weighted by Gasteiger charge is 2.23. The van der Waals surface area contributed by atoms with Crippen LogP contribution in [0.3, 0.4) is 0 Å². The number of nitrogens with zero attached hydrogens (tertiary/aromatic N) is 2. The maximum absolute atomic E-state index is 12.4. The lowest BCUT2D eigenvalue weighted by Crippen LogP contribution is -2.39. The number of rotatable bonds is 8. The zero-order valence-corrected chi connectivity index (χ0v) is 19.5. The van der Waals surface area contributed by atoms with E-state index in [-0.39, 0.29) is 12.0 Å². The second-order valence-corrected chi connectivity index (χ2v) is 10.4. The number of hydrazone groups is 1. The van der Waals surface area contributed by atoms with Crippen LogP contribution < -0.4 is 9.73 Å². The fourth-order valence-electron chi connectivity index (χ4n) is 3.27. The Morgan fingerprint density at radius 3 is 2.37 bits per heavy atom. The monoisotopic (exact) mass is 449 g/mol. The summed E-state index contributed by atoms with van der Waals surface area (Å²) in [7, 11) is -3.67. The maximum Gasteiger partial charge on any atom is 0.260 e. The first kappa shape index (κ1) is 23.9. The molecule has 0 spiro atoms. The molecule has 8 heteroatoms. The molecule has 6 nitrogen and oxygen atoms in total. The van der Waals surface area contributed by atoms with Crippen molar-refractivity contribution in [3.05, 3.63) is 64.7 Å². The average Bonchev–Trinajstić information content (AvgIpc) is 2.64. The number of carbonyl (C=O) groups excluding carboxylic acids is 1. The van der Waals surface area contributed by atoms with Crippen LogP contribution in [0.25, 0.3) is 0 Å². The Labute approximate surface area is 184 Å². The van der Waals surface area contributed by atoms with Crippen LogP contribution in [0, 0.1) is 6.92 Å². The smallest absolute Gasteiger partial charge is 0.260 e. The van der Waals surface area contributed by atoms with Crippen LogP contribution in [0.4, 0.5) is 5.69 Å². The molecular weight excluding hydrogens is 422 g/mol. The molecule has 0 aliphatic rings. The van der Waals surface area contributed by atoms with Gasteiger partial charge in [-0.05, 0) is 55.0 Å². The largest absolute Gasteiger partial charge is 0.271 e. The van der Waals surface area contributed by atoms with E-state index >= 15 is 0 Å². The van der Waals surface area contributed by atoms with Crippen molar-refractivity contribution in [2.45, 2.75) is 39.5 Å². The number of nitrogens with one attached hydrogen (secondary N) is 1. The third kappa shape index (κ3) is 6.57. The first-order chi connectivity index (χ1) is 13.9. The third-order valence-corrected chi connectivity index (χ3v) is 6.10. The van der Waals surface area contributed by atoms with E-state index in [1.54, 1.807) is 25.1 Å². The summed E-state index contributed by atoms with van der Waals surface area (Å²) in [5.74, 6) is -0.522. The predicted molar refractivity (Wildman–Crippen MR) is 124 cm³/mol. The molecule has 162 valence electrons. The summed E-state index contributed by atoms with van der Waals surface area (Å²) >= 11 is 5.96. The van der Waals surface area contributed by atoms with Gasteiger partial charge in [-0.1, -0.05) is 55.8 Å². The Morgan fingerprint density at radius 1 is 1.17 bits per heavy atom. The summed E-state index contributed by atoms with van der Waals surface area (Å²) < 4.78 is 25.6. The van der Waals surface area contributed by atoms with Crippen LogP contribution in [0.1, 0.15) is 38.3 Å². The maximum atomic E-state index is 12.4. The van der Waals surface area contributed by atoms with Crippen molar-refractivity contribution in [2.75, 3.05) is 17.1 Å². The number of amides is 1. The molecule has 0 bridgehead atoms. The molecule has 2 aromatic carbocycles. The SMILES string of the molecule is C/C(CC(C)(C)c1ccccc1)=N/NC(=O)CN(c1ccc(Cl)cc1C)S(C)(=O)=O. The molecule has 0 aromatic heterocycles. The van der Waals surface area contributed by atoms with E-state index in [2.05, 4.69) is 36.5 Å². The number of hydrogen-bond donors (Lipinski definition) is 1. The minimum atomic E-state index is -3.67. The van der Waals surface area contributed by atoms with E-state index in [0.717, 1.165) is 16.3 Å². The van der Waals surface area contributed by atoms with Crippen molar-refractivity contribution in [1.82, 2.24) is 5.43 Å². The molecule has 0 radical (unpaired) electrons. The van der Waals surface area contributed by atoms with Gasteiger partial charge in [0.25, 0.3) is 5.91 Å². The van der Waals surface area contributed by atoms with Gasteiger partial charge in [-0.15, -0.1) is 0 Å². The number of sulfonamides is 1. The van der Waals surface area contributed by atoms with Crippen LogP contribution in [0.15, 0.2) is 53.6 Å². The van der Waals surface area contributed by atoms with Gasteiger partial charge in [0.2, 0.25) is 10.0 Å². The fourth-order valence-corrected chi connectivity index (χ4v) is 4.41. The molecule has 0 unspecified atom stereocenters. The van der Waals surface area contributed by atoms with Gasteiger partial charge in [0.15, 0.2) is 0 Å². The lowest BCUT2D eigenvalue weighted by molar-refractivity contribution is -0.119. The quantitative estimate of drug-likeness (QED) is 0.482.